The second-order valence-corrected chi connectivity index (χ2v) is 23.9. The van der Waals surface area contributed by atoms with Crippen molar-refractivity contribution in [1.29, 1.82) is 0 Å². The fraction of sp³-hybridized carbons (Fsp3) is 0.698. The summed E-state index contributed by atoms with van der Waals surface area (Å²) >= 11 is 0. The summed E-state index contributed by atoms with van der Waals surface area (Å²) < 4.78 is 11.8. The summed E-state index contributed by atoms with van der Waals surface area (Å²) in [5.41, 5.74) is 17.9. The fourth-order valence-corrected chi connectivity index (χ4v) is 24.6. The Bertz CT molecular complexity index is 2330. The summed E-state index contributed by atoms with van der Waals surface area (Å²) in [6.45, 7) is 7.07. The van der Waals surface area contributed by atoms with Crippen molar-refractivity contribution in [3.8, 4) is 0 Å². The molecule has 0 N–H and O–H groups in total. The molecule has 56 heavy (non-hydrogen) atoms. The van der Waals surface area contributed by atoms with E-state index < -0.39 is 0 Å². The van der Waals surface area contributed by atoms with Gasteiger partial charge in [-0.1, -0.05) is 70.4 Å². The van der Waals surface area contributed by atoms with Crippen LogP contribution in [-0.2, 0) is 9.47 Å². The molecule has 0 amide bonds. The molecule has 0 aromatic heterocycles. The predicted molar refractivity (Wildman–Crippen MR) is 212 cm³/mol. The van der Waals surface area contributed by atoms with E-state index in [1.165, 1.54) is 38.6 Å². The molecule has 1 heterocycles. The van der Waals surface area contributed by atoms with Crippen LogP contribution >= 0.6 is 0 Å². The van der Waals surface area contributed by atoms with Gasteiger partial charge < -0.3 is 9.47 Å². The number of hydrogen-bond donors (Lipinski definition) is 0. The molecule has 25 atom stereocenters. The molecule has 1 aromatic carbocycles. The van der Waals surface area contributed by atoms with E-state index in [9.17, 15) is 0 Å². The number of allylic oxidation sites excluding steroid dienone is 9. The molecule has 18 rings (SSSR count). The van der Waals surface area contributed by atoms with Gasteiger partial charge in [0.05, 0.1) is 19.8 Å². The molecule has 3 heteroatoms. The smallest absolute Gasteiger partial charge is 0.0700 e. The Balaban J connectivity index is 0.928. The maximum absolute atomic E-state index is 6.38. The van der Waals surface area contributed by atoms with Gasteiger partial charge in [-0.2, -0.15) is 0 Å². The molecule has 10 saturated carbocycles. The lowest BCUT2D eigenvalue weighted by Gasteiger charge is -2.62. The van der Waals surface area contributed by atoms with Crippen LogP contribution in [0.3, 0.4) is 0 Å². The van der Waals surface area contributed by atoms with Crippen LogP contribution in [0.25, 0.3) is 0 Å². The van der Waals surface area contributed by atoms with E-state index in [4.69, 9.17) is 9.47 Å². The second-order valence-electron chi connectivity index (χ2n) is 23.9. The number of benzene rings is 1. The number of nitrogens with zero attached hydrogens (tertiary/aromatic N) is 1. The number of methoxy groups -OCH3 is 1. The Morgan fingerprint density at radius 2 is 1.55 bits per heavy atom. The zero-order chi connectivity index (χ0) is 35.6. The number of ether oxygens (including phenoxy) is 2. The first-order chi connectivity index (χ1) is 27.7. The number of aryl methyl sites for hydroxylation is 1. The molecule has 3 nitrogen and oxygen atoms in total. The lowest BCUT2D eigenvalue weighted by molar-refractivity contribution is -0.144. The van der Waals surface area contributed by atoms with Crippen molar-refractivity contribution < 1.29 is 9.47 Å². The van der Waals surface area contributed by atoms with Crippen molar-refractivity contribution in [2.45, 2.75) is 45.1 Å². The molecule has 1 aromatic rings. The van der Waals surface area contributed by atoms with Crippen LogP contribution in [0.2, 0.25) is 0 Å². The average molecular weight is 740 g/mol. The molecule has 17 aliphatic rings. The highest BCUT2D eigenvalue weighted by Crippen LogP contribution is 2.92. The Labute approximate surface area is 332 Å². The predicted octanol–water partition coefficient (Wildman–Crippen LogP) is 8.71. The van der Waals surface area contributed by atoms with Crippen molar-refractivity contribution >= 4 is 0 Å². The Kier molecular flexibility index (Phi) is 4.86. The lowest BCUT2D eigenvalue weighted by atomic mass is 9.41. The normalized spacial score (nSPS) is 61.2. The minimum Gasteiger partial charge on any atom is -0.382 e. The maximum Gasteiger partial charge on any atom is 0.0700 e. The lowest BCUT2D eigenvalue weighted by Crippen LogP contribution is -2.59. The van der Waals surface area contributed by atoms with E-state index in [2.05, 4.69) is 71.0 Å². The zero-order valence-electron chi connectivity index (χ0n) is 33.2. The van der Waals surface area contributed by atoms with Gasteiger partial charge in [-0.3, -0.25) is 4.90 Å². The third-order valence-electron chi connectivity index (χ3n) is 23.9. The summed E-state index contributed by atoms with van der Waals surface area (Å²) in [4.78, 5) is 3.07. The highest BCUT2D eigenvalue weighted by atomic mass is 16.5. The van der Waals surface area contributed by atoms with Gasteiger partial charge in [0.25, 0.3) is 0 Å². The van der Waals surface area contributed by atoms with Gasteiger partial charge in [-0.15, -0.1) is 0 Å². The van der Waals surface area contributed by atoms with E-state index in [-0.39, 0.29) is 0 Å². The van der Waals surface area contributed by atoms with Crippen molar-refractivity contribution in [2.75, 3.05) is 40.0 Å². The molecule has 16 aliphatic carbocycles. The third kappa shape index (κ3) is 2.69. The van der Waals surface area contributed by atoms with Crippen LogP contribution in [0.1, 0.15) is 49.3 Å². The standard InChI is InChI=1S/C53H57NO2/c1-20-5-3-4-6-28(20)52-53-18-27-16-25-14-22-11-21-12-24-13-23-15-26-17-29(30(53)19-54(52)7-8-56-10-9-55-2)38-43-34(26)33(23)40-35(24)39-31(21)32(22)41-36(25)42-37(27)51(53)50(38)49-47(42)45(41)44(39)46(40)48(43)49/h3-6,11-12,14,23,25,27,30-33,35-37,39-52H,7-10,13,15-19H2,1-2H3. The van der Waals surface area contributed by atoms with E-state index >= 15 is 0 Å². The molecule has 0 bridgehead atoms. The molecule has 286 valence electrons. The minimum absolute atomic E-state index is 0.376. The van der Waals surface area contributed by atoms with Crippen LogP contribution in [0.5, 0.6) is 0 Å². The third-order valence-corrected chi connectivity index (χ3v) is 23.9. The van der Waals surface area contributed by atoms with Crippen LogP contribution in [0.15, 0.2) is 81.5 Å². The SMILES string of the molecule is COCCOCCN1CC2C3=C4C5C6=C(C3)CC3CC7=CC8=CC9=CC%10CC%11CC2(C2C4C4C5C5C(C63)C7C3C8C9C6C%10C(C4C6C35)C%112)C1c1ccccc1C. The van der Waals surface area contributed by atoms with Crippen molar-refractivity contribution in [3.63, 3.8) is 0 Å². The molecule has 1 aliphatic heterocycles. The van der Waals surface area contributed by atoms with Crippen molar-refractivity contribution in [3.05, 3.63) is 92.6 Å². The van der Waals surface area contributed by atoms with E-state index in [0.717, 1.165) is 149 Å². The number of hydrogen-bond acceptors (Lipinski definition) is 3. The van der Waals surface area contributed by atoms with Crippen molar-refractivity contribution in [2.24, 2.45) is 142 Å². The molecule has 1 spiro atoms. The van der Waals surface area contributed by atoms with Crippen molar-refractivity contribution in [1.82, 2.24) is 4.90 Å². The number of rotatable bonds is 7. The maximum atomic E-state index is 6.38. The van der Waals surface area contributed by atoms with Gasteiger partial charge in [0.2, 0.25) is 0 Å². The van der Waals surface area contributed by atoms with Crippen LogP contribution < -0.4 is 0 Å². The largest absolute Gasteiger partial charge is 0.382 e. The minimum atomic E-state index is 0.376. The van der Waals surface area contributed by atoms with Gasteiger partial charge in [0, 0.05) is 43.5 Å². The van der Waals surface area contributed by atoms with E-state index in [1.54, 1.807) is 11.1 Å². The average Bonchev–Trinajstić information content (AvgIpc) is 4.05. The highest BCUT2D eigenvalue weighted by Gasteiger charge is 2.87. The van der Waals surface area contributed by atoms with Gasteiger partial charge in [0.15, 0.2) is 0 Å². The zero-order valence-corrected chi connectivity index (χ0v) is 33.2. The van der Waals surface area contributed by atoms with Crippen LogP contribution in [0, 0.1) is 148 Å². The number of likely N-dealkylation sites (tertiary alicyclic amines) is 1. The fourth-order valence-electron chi connectivity index (χ4n) is 24.6. The first-order valence-corrected chi connectivity index (χ1v) is 24.1. The first-order valence-electron chi connectivity index (χ1n) is 24.1. The summed E-state index contributed by atoms with van der Waals surface area (Å²) in [6, 6.07) is 10.3. The summed E-state index contributed by atoms with van der Waals surface area (Å²) in [6.07, 6.45) is 16.2. The summed E-state index contributed by atoms with van der Waals surface area (Å²) in [5, 5.41) is 0. The van der Waals surface area contributed by atoms with E-state index in [0.29, 0.717) is 24.7 Å². The molecule has 0 radical (unpaired) electrons. The van der Waals surface area contributed by atoms with Gasteiger partial charge in [-0.05, 0) is 186 Å². The van der Waals surface area contributed by atoms with Gasteiger partial charge in [-0.25, -0.2) is 0 Å². The Morgan fingerprint density at radius 3 is 2.46 bits per heavy atom. The Morgan fingerprint density at radius 1 is 0.732 bits per heavy atom. The molecule has 11 fully saturated rings. The topological polar surface area (TPSA) is 21.7 Å². The monoisotopic (exact) mass is 739 g/mol. The summed E-state index contributed by atoms with van der Waals surface area (Å²) in [7, 11) is 1.81. The first kappa shape index (κ1) is 29.9. The summed E-state index contributed by atoms with van der Waals surface area (Å²) in [5.74, 6) is 22.1. The Hall–Kier alpha value is -2.20. The van der Waals surface area contributed by atoms with Crippen LogP contribution in [-0.4, -0.2) is 44.9 Å². The molecule has 25 unspecified atom stereocenters. The quantitative estimate of drug-likeness (QED) is 0.206. The molecule has 1 saturated heterocycles. The molecular weight excluding hydrogens is 683 g/mol. The number of fused-ring (bicyclic) bond motifs is 1. The van der Waals surface area contributed by atoms with Crippen LogP contribution in [0.4, 0.5) is 0 Å². The second kappa shape index (κ2) is 9.10. The molecular formula is C53H57NO2. The van der Waals surface area contributed by atoms with Gasteiger partial charge >= 0.3 is 0 Å². The van der Waals surface area contributed by atoms with E-state index in [1.807, 2.05) is 29.4 Å². The van der Waals surface area contributed by atoms with Gasteiger partial charge in [0.1, 0.15) is 0 Å². The highest BCUT2D eigenvalue weighted by molar-refractivity contribution is 5.60.